The fourth-order valence-electron chi connectivity index (χ4n) is 1.22. The number of nitro groups is 1. The van der Waals surface area contributed by atoms with Gasteiger partial charge in [0.2, 0.25) is 0 Å². The number of hydrogen-bond donors (Lipinski definition) is 1. The SMILES string of the molecule is COC(=O)CCNC(=O)c1ccc([N+](=O)[O-])cc1. The molecule has 0 fully saturated rings. The lowest BCUT2D eigenvalue weighted by Crippen LogP contribution is -2.26. The Balaban J connectivity index is 2.51. The predicted octanol–water partition coefficient (Wildman–Crippen LogP) is 0.888. The highest BCUT2D eigenvalue weighted by molar-refractivity contribution is 5.94. The number of nitrogens with one attached hydrogen (secondary N) is 1. The van der Waals surface area contributed by atoms with Gasteiger partial charge in [-0.1, -0.05) is 0 Å². The molecule has 0 unspecified atom stereocenters. The molecule has 1 rings (SSSR count). The molecule has 0 heterocycles. The summed E-state index contributed by atoms with van der Waals surface area (Å²) >= 11 is 0. The van der Waals surface area contributed by atoms with Crippen molar-refractivity contribution in [3.63, 3.8) is 0 Å². The van der Waals surface area contributed by atoms with Crippen LogP contribution in [0.4, 0.5) is 5.69 Å². The first kappa shape index (κ1) is 13.6. The van der Waals surface area contributed by atoms with Crippen LogP contribution in [0.3, 0.4) is 0 Å². The number of ether oxygens (including phenoxy) is 1. The van der Waals surface area contributed by atoms with Crippen LogP contribution in [0.15, 0.2) is 24.3 Å². The van der Waals surface area contributed by atoms with Gasteiger partial charge in [-0.05, 0) is 12.1 Å². The van der Waals surface area contributed by atoms with Gasteiger partial charge in [0.05, 0.1) is 18.5 Å². The first-order chi connectivity index (χ1) is 8.54. The van der Waals surface area contributed by atoms with Gasteiger partial charge < -0.3 is 10.1 Å². The minimum Gasteiger partial charge on any atom is -0.469 e. The standard InChI is InChI=1S/C11H12N2O5/c1-18-10(14)6-7-12-11(15)8-2-4-9(5-3-8)13(16)17/h2-5H,6-7H2,1H3,(H,12,15). The zero-order valence-electron chi connectivity index (χ0n) is 9.71. The number of amides is 1. The van der Waals surface area contributed by atoms with Gasteiger partial charge in [-0.3, -0.25) is 19.7 Å². The zero-order chi connectivity index (χ0) is 13.5. The molecule has 0 aromatic heterocycles. The Hall–Kier alpha value is -2.44. The summed E-state index contributed by atoms with van der Waals surface area (Å²) in [6.45, 7) is 0.155. The number of carbonyl (C=O) groups is 2. The van der Waals surface area contributed by atoms with Gasteiger partial charge in [-0.2, -0.15) is 0 Å². The van der Waals surface area contributed by atoms with E-state index in [0.29, 0.717) is 5.56 Å². The molecule has 0 radical (unpaired) electrons. The van der Waals surface area contributed by atoms with Crippen LogP contribution in [0.25, 0.3) is 0 Å². The predicted molar refractivity (Wildman–Crippen MR) is 62.1 cm³/mol. The summed E-state index contributed by atoms with van der Waals surface area (Å²) in [5.41, 5.74) is 0.214. The molecule has 0 bridgehead atoms. The molecule has 0 saturated carbocycles. The number of hydrogen-bond acceptors (Lipinski definition) is 5. The van der Waals surface area contributed by atoms with E-state index in [-0.39, 0.29) is 18.7 Å². The lowest BCUT2D eigenvalue weighted by Gasteiger charge is -2.04. The minimum atomic E-state index is -0.543. The van der Waals surface area contributed by atoms with E-state index < -0.39 is 16.8 Å². The van der Waals surface area contributed by atoms with Crippen LogP contribution in [0, 0.1) is 10.1 Å². The lowest BCUT2D eigenvalue weighted by molar-refractivity contribution is -0.384. The molecule has 0 atom stereocenters. The quantitative estimate of drug-likeness (QED) is 0.476. The highest BCUT2D eigenvalue weighted by Gasteiger charge is 2.09. The molecule has 7 nitrogen and oxygen atoms in total. The highest BCUT2D eigenvalue weighted by atomic mass is 16.6. The monoisotopic (exact) mass is 252 g/mol. The third-order valence-corrected chi connectivity index (χ3v) is 2.18. The normalized spacial score (nSPS) is 9.61. The Morgan fingerprint density at radius 1 is 1.33 bits per heavy atom. The molecule has 0 saturated heterocycles. The van der Waals surface area contributed by atoms with Gasteiger partial charge in [-0.25, -0.2) is 0 Å². The van der Waals surface area contributed by atoms with Crippen LogP contribution < -0.4 is 5.32 Å². The van der Waals surface area contributed by atoms with Gasteiger partial charge in [0.1, 0.15) is 0 Å². The number of rotatable bonds is 5. The molecule has 0 spiro atoms. The Morgan fingerprint density at radius 2 is 1.94 bits per heavy atom. The Labute approximate surface area is 103 Å². The molecule has 1 amide bonds. The van der Waals surface area contributed by atoms with Gasteiger partial charge in [0, 0.05) is 24.2 Å². The number of nitrogens with zero attached hydrogens (tertiary/aromatic N) is 1. The summed E-state index contributed by atoms with van der Waals surface area (Å²) in [6, 6.07) is 5.20. The van der Waals surface area contributed by atoms with Crippen molar-refractivity contribution >= 4 is 17.6 Å². The first-order valence-electron chi connectivity index (χ1n) is 5.14. The average molecular weight is 252 g/mol. The molecule has 0 aliphatic carbocycles. The van der Waals surface area contributed by atoms with Crippen LogP contribution in [0.2, 0.25) is 0 Å². The van der Waals surface area contributed by atoms with E-state index in [1.807, 2.05) is 0 Å². The molecular formula is C11H12N2O5. The van der Waals surface area contributed by atoms with Crippen molar-refractivity contribution in [3.8, 4) is 0 Å². The van der Waals surface area contributed by atoms with Crippen LogP contribution >= 0.6 is 0 Å². The molecule has 18 heavy (non-hydrogen) atoms. The summed E-state index contributed by atoms with van der Waals surface area (Å²) in [4.78, 5) is 32.2. The maximum absolute atomic E-state index is 11.6. The van der Waals surface area contributed by atoms with E-state index in [9.17, 15) is 19.7 Å². The smallest absolute Gasteiger partial charge is 0.307 e. The molecular weight excluding hydrogens is 240 g/mol. The van der Waals surface area contributed by atoms with Crippen molar-refractivity contribution < 1.29 is 19.2 Å². The minimum absolute atomic E-state index is 0.0786. The largest absolute Gasteiger partial charge is 0.469 e. The van der Waals surface area contributed by atoms with E-state index in [1.54, 1.807) is 0 Å². The highest BCUT2D eigenvalue weighted by Crippen LogP contribution is 2.11. The maximum Gasteiger partial charge on any atom is 0.307 e. The van der Waals surface area contributed by atoms with E-state index in [1.165, 1.54) is 31.4 Å². The molecule has 7 heteroatoms. The van der Waals surface area contributed by atoms with Gasteiger partial charge >= 0.3 is 5.97 Å². The van der Waals surface area contributed by atoms with Crippen molar-refractivity contribution in [1.82, 2.24) is 5.32 Å². The number of esters is 1. The van der Waals surface area contributed by atoms with Crippen molar-refractivity contribution in [2.45, 2.75) is 6.42 Å². The zero-order valence-corrected chi connectivity index (χ0v) is 9.71. The number of carbonyl (C=O) groups excluding carboxylic acids is 2. The average Bonchev–Trinajstić information content (AvgIpc) is 2.38. The molecule has 0 aliphatic heterocycles. The molecule has 0 aliphatic rings. The Morgan fingerprint density at radius 3 is 2.44 bits per heavy atom. The number of non-ortho nitro benzene ring substituents is 1. The van der Waals surface area contributed by atoms with Crippen LogP contribution in [-0.4, -0.2) is 30.5 Å². The summed E-state index contributed by atoms with van der Waals surface area (Å²) in [6.07, 6.45) is 0.0786. The second-order valence-electron chi connectivity index (χ2n) is 3.39. The summed E-state index contributed by atoms with van der Waals surface area (Å²) in [5, 5.41) is 12.9. The van der Waals surface area contributed by atoms with Gasteiger partial charge in [0.25, 0.3) is 11.6 Å². The van der Waals surface area contributed by atoms with Crippen molar-refractivity contribution in [3.05, 3.63) is 39.9 Å². The second kappa shape index (κ2) is 6.33. The maximum atomic E-state index is 11.6. The molecule has 1 aromatic carbocycles. The fraction of sp³-hybridized carbons (Fsp3) is 0.273. The van der Waals surface area contributed by atoms with Crippen molar-refractivity contribution in [1.29, 1.82) is 0 Å². The summed E-state index contributed by atoms with van der Waals surface area (Å²) in [7, 11) is 1.26. The van der Waals surface area contributed by atoms with Crippen molar-refractivity contribution in [2.75, 3.05) is 13.7 Å². The topological polar surface area (TPSA) is 98.5 Å². The molecule has 96 valence electrons. The third kappa shape index (κ3) is 3.85. The molecule has 1 aromatic rings. The van der Waals surface area contributed by atoms with E-state index in [2.05, 4.69) is 10.1 Å². The number of methoxy groups -OCH3 is 1. The number of benzene rings is 1. The van der Waals surface area contributed by atoms with E-state index >= 15 is 0 Å². The fourth-order valence-corrected chi connectivity index (χ4v) is 1.22. The number of nitro benzene ring substituents is 1. The second-order valence-corrected chi connectivity index (χ2v) is 3.39. The molecule has 1 N–H and O–H groups in total. The first-order valence-corrected chi connectivity index (χ1v) is 5.14. The van der Waals surface area contributed by atoms with Gasteiger partial charge in [0.15, 0.2) is 0 Å². The van der Waals surface area contributed by atoms with Gasteiger partial charge in [-0.15, -0.1) is 0 Å². The summed E-state index contributed by atoms with van der Waals surface area (Å²) in [5.74, 6) is -0.812. The van der Waals surface area contributed by atoms with Crippen molar-refractivity contribution in [2.24, 2.45) is 0 Å². The van der Waals surface area contributed by atoms with E-state index in [0.717, 1.165) is 0 Å². The Kier molecular flexibility index (Phi) is 4.79. The van der Waals surface area contributed by atoms with Crippen LogP contribution in [0.1, 0.15) is 16.8 Å². The Bertz CT molecular complexity index is 455. The van der Waals surface area contributed by atoms with E-state index in [4.69, 9.17) is 0 Å². The third-order valence-electron chi connectivity index (χ3n) is 2.18. The van der Waals surface area contributed by atoms with Crippen LogP contribution in [-0.2, 0) is 9.53 Å². The van der Waals surface area contributed by atoms with Crippen LogP contribution in [0.5, 0.6) is 0 Å². The summed E-state index contributed by atoms with van der Waals surface area (Å²) < 4.78 is 4.41. The lowest BCUT2D eigenvalue weighted by atomic mass is 10.2.